The number of rotatable bonds is 5. The Balaban J connectivity index is 2.49. The largest absolute Gasteiger partial charge is 0.433 e. The van der Waals surface area contributed by atoms with Gasteiger partial charge in [-0.2, -0.15) is 13.2 Å². The Labute approximate surface area is 97.4 Å². The van der Waals surface area contributed by atoms with Gasteiger partial charge in [-0.05, 0) is 25.8 Å². The van der Waals surface area contributed by atoms with E-state index in [1.807, 2.05) is 6.92 Å². The van der Waals surface area contributed by atoms with Gasteiger partial charge in [0.2, 0.25) is 5.95 Å². The summed E-state index contributed by atoms with van der Waals surface area (Å²) in [5.41, 5.74) is 4.60. The maximum atomic E-state index is 12.3. The summed E-state index contributed by atoms with van der Waals surface area (Å²) >= 11 is 0. The van der Waals surface area contributed by atoms with Crippen molar-refractivity contribution in [3.8, 4) is 0 Å². The van der Waals surface area contributed by atoms with Gasteiger partial charge in [0.05, 0.1) is 0 Å². The molecule has 0 aliphatic carbocycles. The molecule has 0 saturated carbocycles. The highest BCUT2D eigenvalue weighted by molar-refractivity contribution is 5.25. The van der Waals surface area contributed by atoms with Crippen molar-refractivity contribution in [3.05, 3.63) is 18.0 Å². The molecule has 17 heavy (non-hydrogen) atoms. The topological polar surface area (TPSA) is 63.8 Å². The van der Waals surface area contributed by atoms with Crippen molar-refractivity contribution >= 4 is 5.95 Å². The lowest BCUT2D eigenvalue weighted by molar-refractivity contribution is -0.141. The zero-order valence-electron chi connectivity index (χ0n) is 9.46. The first-order valence-corrected chi connectivity index (χ1v) is 5.29. The predicted molar refractivity (Wildman–Crippen MR) is 58.4 cm³/mol. The average Bonchev–Trinajstić information content (AvgIpc) is 2.23. The Morgan fingerprint density at radius 2 is 2.18 bits per heavy atom. The van der Waals surface area contributed by atoms with Crippen LogP contribution in [0.25, 0.3) is 0 Å². The van der Waals surface area contributed by atoms with Gasteiger partial charge < -0.3 is 11.1 Å². The van der Waals surface area contributed by atoms with Crippen LogP contribution in [0.5, 0.6) is 0 Å². The van der Waals surface area contributed by atoms with Gasteiger partial charge in [-0.15, -0.1) is 0 Å². The van der Waals surface area contributed by atoms with E-state index in [0.717, 1.165) is 25.1 Å². The molecule has 1 aromatic heterocycles. The van der Waals surface area contributed by atoms with Crippen LogP contribution in [0.2, 0.25) is 0 Å². The van der Waals surface area contributed by atoms with Gasteiger partial charge in [-0.25, -0.2) is 9.97 Å². The minimum absolute atomic E-state index is 0.00972. The molecule has 3 N–H and O–H groups in total. The molecule has 0 fully saturated rings. The Morgan fingerprint density at radius 3 is 2.76 bits per heavy atom. The molecule has 1 atom stereocenters. The van der Waals surface area contributed by atoms with Crippen molar-refractivity contribution < 1.29 is 13.2 Å². The Morgan fingerprint density at radius 1 is 1.47 bits per heavy atom. The highest BCUT2D eigenvalue weighted by atomic mass is 19.4. The number of hydrogen-bond acceptors (Lipinski definition) is 4. The van der Waals surface area contributed by atoms with Crippen molar-refractivity contribution in [2.45, 2.75) is 32.0 Å². The van der Waals surface area contributed by atoms with E-state index in [1.54, 1.807) is 0 Å². The standard InChI is InChI=1S/C10H15F3N4/c1-7(14)3-2-5-15-9-16-6-4-8(17-9)10(11,12)13/h4,6-7H,2-3,5,14H2,1H3,(H,15,16,17). The maximum Gasteiger partial charge on any atom is 0.433 e. The van der Waals surface area contributed by atoms with Crippen LogP contribution < -0.4 is 11.1 Å². The molecule has 0 aliphatic heterocycles. The van der Waals surface area contributed by atoms with Crippen molar-refractivity contribution in [2.75, 3.05) is 11.9 Å². The molecule has 4 nitrogen and oxygen atoms in total. The van der Waals surface area contributed by atoms with Crippen LogP contribution in [0.4, 0.5) is 19.1 Å². The Hall–Kier alpha value is -1.37. The molecule has 1 heterocycles. The normalized spacial score (nSPS) is 13.5. The Kier molecular flexibility index (Phi) is 4.68. The second-order valence-electron chi connectivity index (χ2n) is 3.81. The van der Waals surface area contributed by atoms with Crippen LogP contribution in [0.1, 0.15) is 25.5 Å². The first-order valence-electron chi connectivity index (χ1n) is 5.29. The summed E-state index contributed by atoms with van der Waals surface area (Å²) in [4.78, 5) is 7.10. The van der Waals surface area contributed by atoms with Gasteiger partial charge in [0.1, 0.15) is 5.69 Å². The fourth-order valence-electron chi connectivity index (χ4n) is 1.23. The van der Waals surface area contributed by atoms with Gasteiger partial charge in [-0.3, -0.25) is 0 Å². The molecule has 96 valence electrons. The van der Waals surface area contributed by atoms with Gasteiger partial charge in [0, 0.05) is 18.8 Å². The molecule has 0 aromatic carbocycles. The quantitative estimate of drug-likeness (QED) is 0.783. The van der Waals surface area contributed by atoms with Crippen molar-refractivity contribution in [1.29, 1.82) is 0 Å². The van der Waals surface area contributed by atoms with Gasteiger partial charge >= 0.3 is 6.18 Å². The van der Waals surface area contributed by atoms with E-state index in [1.165, 1.54) is 0 Å². The van der Waals surface area contributed by atoms with Crippen LogP contribution in [0, 0.1) is 0 Å². The lowest BCUT2D eigenvalue weighted by atomic mass is 10.2. The number of nitrogens with one attached hydrogen (secondary N) is 1. The second kappa shape index (κ2) is 5.81. The molecule has 0 radical (unpaired) electrons. The van der Waals surface area contributed by atoms with E-state index < -0.39 is 11.9 Å². The van der Waals surface area contributed by atoms with E-state index in [0.29, 0.717) is 6.54 Å². The van der Waals surface area contributed by atoms with Gasteiger partial charge in [0.25, 0.3) is 0 Å². The molecule has 1 rings (SSSR count). The minimum Gasteiger partial charge on any atom is -0.354 e. The van der Waals surface area contributed by atoms with E-state index in [9.17, 15) is 13.2 Å². The minimum atomic E-state index is -4.44. The van der Waals surface area contributed by atoms with E-state index >= 15 is 0 Å². The molecule has 0 bridgehead atoms. The molecular formula is C10H15F3N4. The maximum absolute atomic E-state index is 12.3. The predicted octanol–water partition coefficient (Wildman–Crippen LogP) is 2.03. The number of nitrogens with zero attached hydrogens (tertiary/aromatic N) is 2. The number of alkyl halides is 3. The third-order valence-corrected chi connectivity index (χ3v) is 2.07. The molecule has 1 unspecified atom stereocenters. The van der Waals surface area contributed by atoms with Crippen LogP contribution >= 0.6 is 0 Å². The Bertz CT molecular complexity index is 352. The second-order valence-corrected chi connectivity index (χ2v) is 3.81. The van der Waals surface area contributed by atoms with E-state index in [-0.39, 0.29) is 12.0 Å². The molecule has 0 aliphatic rings. The fraction of sp³-hybridized carbons (Fsp3) is 0.600. The number of aromatic nitrogens is 2. The van der Waals surface area contributed by atoms with Crippen molar-refractivity contribution in [2.24, 2.45) is 5.73 Å². The number of halogens is 3. The molecule has 0 spiro atoms. The lowest BCUT2D eigenvalue weighted by Crippen LogP contribution is -2.17. The summed E-state index contributed by atoms with van der Waals surface area (Å²) in [6.07, 6.45) is -1.79. The van der Waals surface area contributed by atoms with Gasteiger partial charge in [-0.1, -0.05) is 0 Å². The van der Waals surface area contributed by atoms with Gasteiger partial charge in [0.15, 0.2) is 0 Å². The molecule has 0 amide bonds. The third kappa shape index (κ3) is 4.99. The number of nitrogens with two attached hydrogens (primary N) is 1. The summed E-state index contributed by atoms with van der Waals surface area (Å²) in [5, 5.41) is 2.73. The zero-order valence-corrected chi connectivity index (χ0v) is 9.46. The summed E-state index contributed by atoms with van der Waals surface area (Å²) in [7, 11) is 0. The monoisotopic (exact) mass is 248 g/mol. The summed E-state index contributed by atoms with van der Waals surface area (Å²) in [6.45, 7) is 2.38. The SMILES string of the molecule is CC(N)CCCNc1nccc(C(F)(F)F)n1. The van der Waals surface area contributed by atoms with Crippen LogP contribution in [0.15, 0.2) is 12.3 Å². The number of hydrogen-bond donors (Lipinski definition) is 2. The van der Waals surface area contributed by atoms with Crippen molar-refractivity contribution in [1.82, 2.24) is 9.97 Å². The molecule has 0 saturated heterocycles. The molecular weight excluding hydrogens is 233 g/mol. The van der Waals surface area contributed by atoms with Crippen LogP contribution in [-0.4, -0.2) is 22.6 Å². The molecule has 1 aromatic rings. The first-order chi connectivity index (χ1) is 7.89. The fourth-order valence-corrected chi connectivity index (χ4v) is 1.23. The summed E-state index contributed by atoms with van der Waals surface area (Å²) in [5.74, 6) is -0.00972. The van der Waals surface area contributed by atoms with E-state index in [2.05, 4.69) is 15.3 Å². The zero-order chi connectivity index (χ0) is 12.9. The lowest BCUT2D eigenvalue weighted by Gasteiger charge is -2.09. The highest BCUT2D eigenvalue weighted by Crippen LogP contribution is 2.27. The number of anilines is 1. The third-order valence-electron chi connectivity index (χ3n) is 2.07. The first kappa shape index (κ1) is 13.7. The highest BCUT2D eigenvalue weighted by Gasteiger charge is 2.32. The smallest absolute Gasteiger partial charge is 0.354 e. The van der Waals surface area contributed by atoms with Crippen LogP contribution in [0.3, 0.4) is 0 Å². The average molecular weight is 248 g/mol. The molecule has 7 heteroatoms. The summed E-state index contributed by atoms with van der Waals surface area (Å²) < 4.78 is 37.0. The van der Waals surface area contributed by atoms with Crippen molar-refractivity contribution in [3.63, 3.8) is 0 Å². The summed E-state index contributed by atoms with van der Waals surface area (Å²) in [6, 6.07) is 0.923. The van der Waals surface area contributed by atoms with Crippen LogP contribution in [-0.2, 0) is 6.18 Å². The van der Waals surface area contributed by atoms with E-state index in [4.69, 9.17) is 5.73 Å².